The average molecular weight is 434 g/mol. The maximum atomic E-state index is 14.0. The fourth-order valence-corrected chi connectivity index (χ4v) is 5.36. The Bertz CT molecular complexity index is 1010. The number of sulfonamides is 1. The molecule has 1 fully saturated rings. The predicted molar refractivity (Wildman–Crippen MR) is 117 cm³/mol. The molecule has 30 heavy (non-hydrogen) atoms. The number of piperazine rings is 1. The lowest BCUT2D eigenvalue weighted by Gasteiger charge is -2.37. The molecule has 0 aliphatic carbocycles. The molecule has 2 aliphatic rings. The number of halogens is 1. The lowest BCUT2D eigenvalue weighted by Crippen LogP contribution is -2.47. The molecule has 6 nitrogen and oxygen atoms in total. The number of aliphatic hydroxyl groups excluding tert-OH is 1. The van der Waals surface area contributed by atoms with E-state index in [4.69, 9.17) is 0 Å². The van der Waals surface area contributed by atoms with Crippen LogP contribution in [0.5, 0.6) is 0 Å². The molecule has 0 amide bonds. The van der Waals surface area contributed by atoms with Gasteiger partial charge in [-0.05, 0) is 42.2 Å². The van der Waals surface area contributed by atoms with E-state index in [0.717, 1.165) is 42.7 Å². The predicted octanol–water partition coefficient (Wildman–Crippen LogP) is 2.39. The van der Waals surface area contributed by atoms with Crippen molar-refractivity contribution in [2.24, 2.45) is 0 Å². The molecule has 162 valence electrons. The van der Waals surface area contributed by atoms with Crippen LogP contribution in [0, 0.1) is 5.82 Å². The van der Waals surface area contributed by atoms with Crippen molar-refractivity contribution in [1.29, 1.82) is 0 Å². The Morgan fingerprint density at radius 2 is 1.77 bits per heavy atom. The number of para-hydroxylation sites is 1. The highest BCUT2D eigenvalue weighted by atomic mass is 32.2. The summed E-state index contributed by atoms with van der Waals surface area (Å²) in [7, 11) is -3.30. The van der Waals surface area contributed by atoms with E-state index in [1.54, 1.807) is 12.1 Å². The molecule has 2 aromatic carbocycles. The number of fused-ring (bicyclic) bond motifs is 1. The molecule has 0 aromatic heterocycles. The summed E-state index contributed by atoms with van der Waals surface area (Å²) in [4.78, 5) is 4.22. The minimum atomic E-state index is -3.30. The summed E-state index contributed by atoms with van der Waals surface area (Å²) in [5.74, 6) is -0.205. The number of nitrogens with zero attached hydrogens (tertiary/aromatic N) is 3. The van der Waals surface area contributed by atoms with Gasteiger partial charge in [0.1, 0.15) is 5.82 Å². The molecule has 2 aliphatic heterocycles. The number of anilines is 2. The van der Waals surface area contributed by atoms with Gasteiger partial charge < -0.3 is 10.0 Å². The summed E-state index contributed by atoms with van der Waals surface area (Å²) in [6, 6.07) is 12.4. The lowest BCUT2D eigenvalue weighted by atomic mass is 9.98. The van der Waals surface area contributed by atoms with Gasteiger partial charge in [-0.2, -0.15) is 0 Å². The molecular formula is C22H28FN3O3S. The highest BCUT2D eigenvalue weighted by molar-refractivity contribution is 7.92. The van der Waals surface area contributed by atoms with Crippen LogP contribution < -0.4 is 9.21 Å². The Labute approximate surface area is 177 Å². The molecule has 0 spiro atoms. The summed E-state index contributed by atoms with van der Waals surface area (Å²) >= 11 is 0. The standard InChI is InChI=1S/C22H28FN3O3S/c1-30(28,29)26-10-4-5-17-15-18(8-9-20(17)26)22(27)16-24-11-13-25(14-12-24)21-7-3-2-6-19(21)23/h2-3,6-9,15,22,27H,4-5,10-14,16H2,1H3. The highest BCUT2D eigenvalue weighted by Gasteiger charge is 2.26. The molecule has 0 radical (unpaired) electrons. The molecular weight excluding hydrogens is 405 g/mol. The Hall–Kier alpha value is -2.16. The minimum absolute atomic E-state index is 0.205. The van der Waals surface area contributed by atoms with E-state index in [-0.39, 0.29) is 5.82 Å². The highest BCUT2D eigenvalue weighted by Crippen LogP contribution is 2.31. The van der Waals surface area contributed by atoms with Crippen molar-refractivity contribution in [3.05, 3.63) is 59.4 Å². The van der Waals surface area contributed by atoms with Gasteiger partial charge in [0.25, 0.3) is 0 Å². The quantitative estimate of drug-likeness (QED) is 0.785. The van der Waals surface area contributed by atoms with Crippen LogP contribution >= 0.6 is 0 Å². The Morgan fingerprint density at radius 1 is 1.03 bits per heavy atom. The Morgan fingerprint density at radius 3 is 2.47 bits per heavy atom. The van der Waals surface area contributed by atoms with Gasteiger partial charge in [-0.15, -0.1) is 0 Å². The second kappa shape index (κ2) is 8.53. The minimum Gasteiger partial charge on any atom is -0.387 e. The second-order valence-corrected chi connectivity index (χ2v) is 9.99. The van der Waals surface area contributed by atoms with Gasteiger partial charge in [-0.25, -0.2) is 12.8 Å². The van der Waals surface area contributed by atoms with Crippen LogP contribution in [0.15, 0.2) is 42.5 Å². The van der Waals surface area contributed by atoms with Crippen molar-refractivity contribution in [3.63, 3.8) is 0 Å². The fourth-order valence-electron chi connectivity index (χ4n) is 4.36. The smallest absolute Gasteiger partial charge is 0.232 e. The molecule has 1 N–H and O–H groups in total. The van der Waals surface area contributed by atoms with Gasteiger partial charge in [0, 0.05) is 39.3 Å². The Balaban J connectivity index is 1.39. The molecule has 0 saturated carbocycles. The van der Waals surface area contributed by atoms with Crippen LogP contribution in [0.25, 0.3) is 0 Å². The SMILES string of the molecule is CS(=O)(=O)N1CCCc2cc(C(O)CN3CCN(c4ccccc4F)CC3)ccc21. The summed E-state index contributed by atoms with van der Waals surface area (Å²) < 4.78 is 39.5. The molecule has 2 aromatic rings. The fraction of sp³-hybridized carbons (Fsp3) is 0.455. The zero-order valence-electron chi connectivity index (χ0n) is 17.2. The van der Waals surface area contributed by atoms with Crippen molar-refractivity contribution >= 4 is 21.4 Å². The van der Waals surface area contributed by atoms with E-state index < -0.39 is 16.1 Å². The molecule has 2 heterocycles. The first kappa shape index (κ1) is 21.1. The Kier molecular flexibility index (Phi) is 5.99. The normalized spacial score (nSPS) is 18.9. The van der Waals surface area contributed by atoms with E-state index in [2.05, 4.69) is 4.90 Å². The first-order valence-electron chi connectivity index (χ1n) is 10.3. The third-order valence-corrected chi connectivity index (χ3v) is 7.14. The van der Waals surface area contributed by atoms with Gasteiger partial charge in [0.05, 0.1) is 23.7 Å². The number of rotatable bonds is 5. The molecule has 1 saturated heterocycles. The van der Waals surface area contributed by atoms with Crippen molar-refractivity contribution in [2.75, 3.05) is 54.7 Å². The van der Waals surface area contributed by atoms with Gasteiger partial charge in [0.15, 0.2) is 0 Å². The van der Waals surface area contributed by atoms with E-state index in [1.807, 2.05) is 29.2 Å². The van der Waals surface area contributed by atoms with Crippen LogP contribution in [0.2, 0.25) is 0 Å². The molecule has 0 bridgehead atoms. The van der Waals surface area contributed by atoms with Crippen LogP contribution in [-0.4, -0.2) is 63.9 Å². The van der Waals surface area contributed by atoms with Crippen LogP contribution in [0.3, 0.4) is 0 Å². The summed E-state index contributed by atoms with van der Waals surface area (Å²) in [5, 5.41) is 10.8. The van der Waals surface area contributed by atoms with E-state index >= 15 is 0 Å². The number of β-amino-alcohol motifs (C(OH)–C–C–N with tert-alkyl or cyclic N) is 1. The van der Waals surface area contributed by atoms with Crippen LogP contribution in [-0.2, 0) is 16.4 Å². The first-order chi connectivity index (χ1) is 14.3. The van der Waals surface area contributed by atoms with Gasteiger partial charge >= 0.3 is 0 Å². The van der Waals surface area contributed by atoms with Crippen LogP contribution in [0.1, 0.15) is 23.7 Å². The van der Waals surface area contributed by atoms with E-state index in [0.29, 0.717) is 31.9 Å². The zero-order valence-corrected chi connectivity index (χ0v) is 18.0. The van der Waals surface area contributed by atoms with Gasteiger partial charge in [-0.1, -0.05) is 24.3 Å². The third-order valence-electron chi connectivity index (χ3n) is 5.96. The van der Waals surface area contributed by atoms with Gasteiger partial charge in [-0.3, -0.25) is 9.21 Å². The first-order valence-corrected chi connectivity index (χ1v) is 12.2. The monoisotopic (exact) mass is 433 g/mol. The maximum Gasteiger partial charge on any atom is 0.232 e. The average Bonchev–Trinajstić information content (AvgIpc) is 2.73. The number of aryl methyl sites for hydroxylation is 1. The van der Waals surface area contributed by atoms with Gasteiger partial charge in [0.2, 0.25) is 10.0 Å². The number of benzene rings is 2. The molecule has 8 heteroatoms. The third kappa shape index (κ3) is 4.45. The lowest BCUT2D eigenvalue weighted by molar-refractivity contribution is 0.109. The largest absolute Gasteiger partial charge is 0.387 e. The number of aliphatic hydroxyl groups is 1. The number of hydrogen-bond acceptors (Lipinski definition) is 5. The summed E-state index contributed by atoms with van der Waals surface area (Å²) in [6.45, 7) is 3.92. The molecule has 1 unspecified atom stereocenters. The van der Waals surface area contributed by atoms with Crippen molar-refractivity contribution in [3.8, 4) is 0 Å². The summed E-state index contributed by atoms with van der Waals surface area (Å²) in [5.41, 5.74) is 3.12. The maximum absolute atomic E-state index is 14.0. The van der Waals surface area contributed by atoms with Crippen molar-refractivity contribution in [1.82, 2.24) is 4.90 Å². The number of hydrogen-bond donors (Lipinski definition) is 1. The van der Waals surface area contributed by atoms with Crippen molar-refractivity contribution in [2.45, 2.75) is 18.9 Å². The second-order valence-electron chi connectivity index (χ2n) is 8.08. The topological polar surface area (TPSA) is 64.1 Å². The van der Waals surface area contributed by atoms with E-state index in [9.17, 15) is 17.9 Å². The zero-order chi connectivity index (χ0) is 21.3. The molecule has 4 rings (SSSR count). The molecule has 1 atom stereocenters. The van der Waals surface area contributed by atoms with E-state index in [1.165, 1.54) is 16.6 Å². The van der Waals surface area contributed by atoms with Crippen molar-refractivity contribution < 1.29 is 17.9 Å². The van der Waals surface area contributed by atoms with Crippen LogP contribution in [0.4, 0.5) is 15.8 Å². The summed E-state index contributed by atoms with van der Waals surface area (Å²) in [6.07, 6.45) is 2.16.